The highest BCUT2D eigenvalue weighted by molar-refractivity contribution is 8.13. The van der Waals surface area contributed by atoms with Crippen molar-refractivity contribution in [2.24, 2.45) is 10.9 Å². The fourth-order valence-electron chi connectivity index (χ4n) is 2.88. The van der Waals surface area contributed by atoms with Gasteiger partial charge < -0.3 is 5.32 Å². The Hall–Kier alpha value is -1.03. The van der Waals surface area contributed by atoms with Crippen molar-refractivity contribution >= 4 is 16.9 Å². The highest BCUT2D eigenvalue weighted by atomic mass is 32.2. The number of halogens is 1. The molecule has 2 unspecified atom stereocenters. The smallest absolute Gasteiger partial charge is 0.156 e. The second-order valence-corrected chi connectivity index (χ2v) is 6.33. The van der Waals surface area contributed by atoms with E-state index in [1.807, 2.05) is 17.8 Å². The van der Waals surface area contributed by atoms with Crippen LogP contribution in [-0.4, -0.2) is 23.5 Å². The van der Waals surface area contributed by atoms with Crippen molar-refractivity contribution in [1.29, 1.82) is 0 Å². The van der Waals surface area contributed by atoms with Gasteiger partial charge in [-0.1, -0.05) is 30.3 Å². The summed E-state index contributed by atoms with van der Waals surface area (Å²) < 4.78 is 13.0. The van der Waals surface area contributed by atoms with Crippen LogP contribution in [0.15, 0.2) is 29.3 Å². The highest BCUT2D eigenvalue weighted by Gasteiger charge is 2.31. The molecule has 19 heavy (non-hydrogen) atoms. The molecule has 1 aliphatic carbocycles. The van der Waals surface area contributed by atoms with E-state index in [0.29, 0.717) is 6.04 Å². The lowest BCUT2D eigenvalue weighted by Gasteiger charge is -2.28. The van der Waals surface area contributed by atoms with Crippen molar-refractivity contribution in [3.8, 4) is 0 Å². The zero-order chi connectivity index (χ0) is 13.1. The molecule has 2 nitrogen and oxygen atoms in total. The third-order valence-corrected chi connectivity index (χ3v) is 5.06. The van der Waals surface area contributed by atoms with Gasteiger partial charge in [0.2, 0.25) is 0 Å². The number of nitrogens with zero attached hydrogens (tertiary/aromatic N) is 1. The standard InChI is InChI=1S/C15H19FN2S/c16-13-5-1-3-11(9-13)7-8-17-15-18-14-6-2-4-12(14)10-19-15/h1,3,5,9,12,14H,2,4,6-8,10H2,(H,17,18). The molecule has 0 spiro atoms. The molecule has 1 aromatic rings. The van der Waals surface area contributed by atoms with Gasteiger partial charge in [0.15, 0.2) is 5.17 Å². The first-order valence-corrected chi connectivity index (χ1v) is 7.98. The number of hydrogen-bond acceptors (Lipinski definition) is 2. The van der Waals surface area contributed by atoms with E-state index in [9.17, 15) is 4.39 Å². The number of rotatable bonds is 3. The van der Waals surface area contributed by atoms with E-state index >= 15 is 0 Å². The number of hydrogen-bond donors (Lipinski definition) is 1. The Balaban J connectivity index is 1.52. The summed E-state index contributed by atoms with van der Waals surface area (Å²) >= 11 is 1.84. The first kappa shape index (κ1) is 13.0. The van der Waals surface area contributed by atoms with Gasteiger partial charge in [0, 0.05) is 18.3 Å². The summed E-state index contributed by atoms with van der Waals surface area (Å²) in [5, 5.41) is 4.63. The van der Waals surface area contributed by atoms with Gasteiger partial charge in [-0.05, 0) is 42.9 Å². The quantitative estimate of drug-likeness (QED) is 0.918. The number of thioether (sulfide) groups is 1. The predicted molar refractivity (Wildman–Crippen MR) is 79.1 cm³/mol. The predicted octanol–water partition coefficient (Wildman–Crippen LogP) is 3.23. The molecule has 1 saturated heterocycles. The highest BCUT2D eigenvalue weighted by Crippen LogP contribution is 2.32. The topological polar surface area (TPSA) is 24.4 Å². The zero-order valence-corrected chi connectivity index (χ0v) is 11.8. The summed E-state index contributed by atoms with van der Waals surface area (Å²) in [5.74, 6) is 1.88. The molecule has 2 atom stereocenters. The Morgan fingerprint density at radius 2 is 2.32 bits per heavy atom. The molecule has 0 aromatic heterocycles. The van der Waals surface area contributed by atoms with Crippen LogP contribution in [0.25, 0.3) is 0 Å². The van der Waals surface area contributed by atoms with Crippen LogP contribution in [0, 0.1) is 11.7 Å². The van der Waals surface area contributed by atoms with E-state index in [2.05, 4.69) is 10.3 Å². The summed E-state index contributed by atoms with van der Waals surface area (Å²) in [7, 11) is 0. The Bertz CT molecular complexity index is 475. The van der Waals surface area contributed by atoms with Crippen molar-refractivity contribution in [3.63, 3.8) is 0 Å². The van der Waals surface area contributed by atoms with Crippen molar-refractivity contribution < 1.29 is 4.39 Å². The SMILES string of the molecule is Fc1cccc(CCN=C2NC3CCCC3CS2)c1. The van der Waals surface area contributed by atoms with Crippen molar-refractivity contribution in [2.75, 3.05) is 12.3 Å². The number of amidine groups is 1. The minimum absolute atomic E-state index is 0.163. The summed E-state index contributed by atoms with van der Waals surface area (Å²) in [6, 6.07) is 7.43. The van der Waals surface area contributed by atoms with E-state index in [4.69, 9.17) is 0 Å². The molecule has 1 N–H and O–H groups in total. The Morgan fingerprint density at radius 1 is 1.37 bits per heavy atom. The maximum absolute atomic E-state index is 13.0. The Morgan fingerprint density at radius 3 is 3.21 bits per heavy atom. The second kappa shape index (κ2) is 5.95. The van der Waals surface area contributed by atoms with Crippen LogP contribution in [0.3, 0.4) is 0 Å². The maximum atomic E-state index is 13.0. The molecule has 2 aliphatic rings. The molecular formula is C15H19FN2S. The lowest BCUT2D eigenvalue weighted by molar-refractivity contribution is 0.490. The van der Waals surface area contributed by atoms with Gasteiger partial charge in [-0.15, -0.1) is 0 Å². The van der Waals surface area contributed by atoms with Crippen LogP contribution < -0.4 is 5.32 Å². The van der Waals surface area contributed by atoms with Crippen LogP contribution in [-0.2, 0) is 6.42 Å². The van der Waals surface area contributed by atoms with Crippen molar-refractivity contribution in [3.05, 3.63) is 35.6 Å². The van der Waals surface area contributed by atoms with Gasteiger partial charge in [0.25, 0.3) is 0 Å². The minimum Gasteiger partial charge on any atom is -0.362 e. The van der Waals surface area contributed by atoms with Gasteiger partial charge in [-0.25, -0.2) is 4.39 Å². The lowest BCUT2D eigenvalue weighted by Crippen LogP contribution is -2.41. The van der Waals surface area contributed by atoms with Gasteiger partial charge >= 0.3 is 0 Å². The van der Waals surface area contributed by atoms with Crippen LogP contribution in [0.1, 0.15) is 24.8 Å². The summed E-state index contributed by atoms with van der Waals surface area (Å²) in [6.07, 6.45) is 4.80. The second-order valence-electron chi connectivity index (χ2n) is 5.32. The van der Waals surface area contributed by atoms with E-state index in [1.165, 1.54) is 31.1 Å². The average molecular weight is 278 g/mol. The summed E-state index contributed by atoms with van der Waals surface area (Å²) in [5.41, 5.74) is 1.02. The van der Waals surface area contributed by atoms with Crippen molar-refractivity contribution in [2.45, 2.75) is 31.7 Å². The van der Waals surface area contributed by atoms with Crippen LogP contribution in [0.2, 0.25) is 0 Å². The largest absolute Gasteiger partial charge is 0.362 e. The maximum Gasteiger partial charge on any atom is 0.156 e. The molecule has 102 valence electrons. The first-order chi connectivity index (χ1) is 9.31. The van der Waals surface area contributed by atoms with E-state index in [1.54, 1.807) is 12.1 Å². The molecule has 1 aliphatic heterocycles. The summed E-state index contributed by atoms with van der Waals surface area (Å²) in [4.78, 5) is 4.61. The van der Waals surface area contributed by atoms with E-state index < -0.39 is 0 Å². The molecule has 2 fully saturated rings. The van der Waals surface area contributed by atoms with Crippen LogP contribution in [0.4, 0.5) is 4.39 Å². The molecule has 1 heterocycles. The fraction of sp³-hybridized carbons (Fsp3) is 0.533. The average Bonchev–Trinajstić information content (AvgIpc) is 2.86. The zero-order valence-electron chi connectivity index (χ0n) is 10.9. The van der Waals surface area contributed by atoms with Gasteiger partial charge in [-0.2, -0.15) is 0 Å². The van der Waals surface area contributed by atoms with E-state index in [0.717, 1.165) is 29.6 Å². The Kier molecular flexibility index (Phi) is 4.06. The van der Waals surface area contributed by atoms with Crippen molar-refractivity contribution in [1.82, 2.24) is 5.32 Å². The van der Waals surface area contributed by atoms with Crippen LogP contribution >= 0.6 is 11.8 Å². The van der Waals surface area contributed by atoms with Crippen LogP contribution in [0.5, 0.6) is 0 Å². The van der Waals surface area contributed by atoms with Gasteiger partial charge in [0.05, 0.1) is 0 Å². The normalized spacial score (nSPS) is 28.2. The molecule has 1 aromatic carbocycles. The minimum atomic E-state index is -0.163. The molecule has 4 heteroatoms. The third kappa shape index (κ3) is 3.30. The number of benzene rings is 1. The monoisotopic (exact) mass is 278 g/mol. The number of fused-ring (bicyclic) bond motifs is 1. The number of aliphatic imine (C=N–C) groups is 1. The molecule has 0 radical (unpaired) electrons. The number of nitrogens with one attached hydrogen (secondary N) is 1. The molecule has 1 saturated carbocycles. The molecule has 3 rings (SSSR count). The first-order valence-electron chi connectivity index (χ1n) is 6.99. The Labute approximate surface area is 117 Å². The van der Waals surface area contributed by atoms with E-state index in [-0.39, 0.29) is 5.82 Å². The summed E-state index contributed by atoms with van der Waals surface area (Å²) in [6.45, 7) is 0.732. The fourth-order valence-corrected chi connectivity index (χ4v) is 4.07. The van der Waals surface area contributed by atoms with Gasteiger partial charge in [-0.3, -0.25) is 4.99 Å². The van der Waals surface area contributed by atoms with Gasteiger partial charge in [0.1, 0.15) is 5.82 Å². The lowest BCUT2D eigenvalue weighted by atomic mass is 10.1. The molecular weight excluding hydrogens is 259 g/mol. The molecule has 0 amide bonds. The third-order valence-electron chi connectivity index (χ3n) is 3.95. The molecule has 0 bridgehead atoms.